The number of rotatable bonds is 5. The number of amides is 1. The maximum atomic E-state index is 13.5. The predicted octanol–water partition coefficient (Wildman–Crippen LogP) is 5.52. The largest absolute Gasteiger partial charge is 0.465 e. The van der Waals surface area contributed by atoms with Crippen LogP contribution in [0.2, 0.25) is 0 Å². The van der Waals surface area contributed by atoms with Gasteiger partial charge in [0.25, 0.3) is 5.91 Å². The molecule has 1 atom stereocenters. The van der Waals surface area contributed by atoms with Crippen LogP contribution in [-0.4, -0.2) is 36.5 Å². The molecule has 2 heterocycles. The summed E-state index contributed by atoms with van der Waals surface area (Å²) in [7, 11) is 1.33. The van der Waals surface area contributed by atoms with Crippen molar-refractivity contribution in [2.75, 3.05) is 19.0 Å². The molecule has 5 rings (SSSR count). The van der Waals surface area contributed by atoms with Gasteiger partial charge in [0, 0.05) is 16.0 Å². The molecule has 1 N–H and O–H groups in total. The van der Waals surface area contributed by atoms with Gasteiger partial charge in [-0.15, -0.1) is 11.3 Å². The molecule has 1 aromatic carbocycles. The average molecular weight is 521 g/mol. The van der Waals surface area contributed by atoms with Crippen molar-refractivity contribution in [2.24, 2.45) is 11.3 Å². The first-order valence-corrected chi connectivity index (χ1v) is 13.6. The van der Waals surface area contributed by atoms with Gasteiger partial charge in [0.2, 0.25) is 0 Å². The first kappa shape index (κ1) is 25.4. The van der Waals surface area contributed by atoms with Crippen LogP contribution in [0.25, 0.3) is 10.9 Å². The first-order chi connectivity index (χ1) is 17.7. The van der Waals surface area contributed by atoms with E-state index in [1.54, 1.807) is 0 Å². The summed E-state index contributed by atoms with van der Waals surface area (Å²) < 4.78 is 10.5. The second kappa shape index (κ2) is 9.89. The third-order valence-corrected chi connectivity index (χ3v) is 8.79. The number of carbonyl (C=O) groups excluding carboxylic acids is 3. The number of thiophene rings is 1. The van der Waals surface area contributed by atoms with E-state index in [1.165, 1.54) is 18.4 Å². The van der Waals surface area contributed by atoms with Crippen LogP contribution in [0.5, 0.6) is 0 Å². The van der Waals surface area contributed by atoms with E-state index in [9.17, 15) is 14.4 Å². The zero-order valence-corrected chi connectivity index (χ0v) is 22.5. The number of hydrogen-bond donors (Lipinski definition) is 1. The zero-order chi connectivity index (χ0) is 26.3. The van der Waals surface area contributed by atoms with Crippen molar-refractivity contribution in [3.63, 3.8) is 0 Å². The van der Waals surface area contributed by atoms with E-state index in [4.69, 9.17) is 14.5 Å². The van der Waals surface area contributed by atoms with E-state index >= 15 is 0 Å². The Labute approximate surface area is 220 Å². The lowest BCUT2D eigenvalue weighted by Crippen LogP contribution is -2.29. The number of methoxy groups -OCH3 is 1. The third kappa shape index (κ3) is 4.87. The molecule has 194 valence electrons. The monoisotopic (exact) mass is 520 g/mol. The Morgan fingerprint density at radius 3 is 2.59 bits per heavy atom. The lowest BCUT2D eigenvalue weighted by Gasteiger charge is -2.35. The highest BCUT2D eigenvalue weighted by molar-refractivity contribution is 7.17. The number of benzene rings is 1. The molecular formula is C29H32N2O5S. The molecule has 2 aliphatic carbocycles. The summed E-state index contributed by atoms with van der Waals surface area (Å²) in [4.78, 5) is 44.6. The highest BCUT2D eigenvalue weighted by atomic mass is 32.1. The number of nitrogens with one attached hydrogen (secondary N) is 1. The van der Waals surface area contributed by atoms with Gasteiger partial charge in [0.05, 0.1) is 23.8 Å². The summed E-state index contributed by atoms with van der Waals surface area (Å²) >= 11 is 1.39. The highest BCUT2D eigenvalue weighted by Crippen LogP contribution is 2.41. The van der Waals surface area contributed by atoms with Crippen LogP contribution in [-0.2, 0) is 40.0 Å². The molecule has 0 bridgehead atoms. The number of hydrogen-bond acceptors (Lipinski definition) is 7. The maximum Gasteiger partial charge on any atom is 0.341 e. The summed E-state index contributed by atoms with van der Waals surface area (Å²) in [5.41, 5.74) is 4.59. The Morgan fingerprint density at radius 1 is 1.05 bits per heavy atom. The smallest absolute Gasteiger partial charge is 0.341 e. The Bertz CT molecular complexity index is 1400. The fourth-order valence-corrected chi connectivity index (χ4v) is 6.83. The van der Waals surface area contributed by atoms with Crippen molar-refractivity contribution in [1.82, 2.24) is 4.98 Å². The number of carbonyl (C=O) groups is 3. The number of para-hydroxylation sites is 1. The van der Waals surface area contributed by atoms with Gasteiger partial charge in [0.1, 0.15) is 5.00 Å². The van der Waals surface area contributed by atoms with Gasteiger partial charge < -0.3 is 14.8 Å². The minimum absolute atomic E-state index is 0.0999. The van der Waals surface area contributed by atoms with E-state index in [2.05, 4.69) is 26.1 Å². The van der Waals surface area contributed by atoms with Crippen molar-refractivity contribution in [3.8, 4) is 0 Å². The molecule has 1 unspecified atom stereocenters. The van der Waals surface area contributed by atoms with Crippen molar-refractivity contribution < 1.29 is 23.9 Å². The summed E-state index contributed by atoms with van der Waals surface area (Å²) in [5, 5.41) is 3.97. The molecule has 7 nitrogen and oxygen atoms in total. The Balaban J connectivity index is 1.38. The van der Waals surface area contributed by atoms with E-state index in [0.717, 1.165) is 71.1 Å². The lowest BCUT2D eigenvalue weighted by molar-refractivity contribution is -0.119. The molecule has 37 heavy (non-hydrogen) atoms. The molecule has 0 saturated heterocycles. The number of nitrogens with zero attached hydrogens (tertiary/aromatic N) is 1. The fourth-order valence-electron chi connectivity index (χ4n) is 5.54. The molecule has 3 aromatic rings. The quantitative estimate of drug-likeness (QED) is 0.445. The standard InChI is InChI=1S/C29H32N2O5S/c1-29(2,3)16-12-13-21-19(14-16)24(17-8-5-6-10-20(17)30-21)28(34)36-15-23(32)31-26-25(27(33)35-4)18-9-7-11-22(18)37-26/h5-6,8,10,16H,7,9,11-15H2,1-4H3,(H,31,32). The van der Waals surface area contributed by atoms with Gasteiger partial charge in [-0.1, -0.05) is 39.0 Å². The summed E-state index contributed by atoms with van der Waals surface area (Å²) in [6.07, 6.45) is 5.23. The number of aromatic nitrogens is 1. The van der Waals surface area contributed by atoms with Crippen LogP contribution in [0.1, 0.15) is 76.0 Å². The number of fused-ring (bicyclic) bond motifs is 3. The van der Waals surface area contributed by atoms with E-state index in [0.29, 0.717) is 22.0 Å². The molecule has 1 amide bonds. The maximum absolute atomic E-state index is 13.5. The van der Waals surface area contributed by atoms with E-state index in [-0.39, 0.29) is 5.41 Å². The first-order valence-electron chi connectivity index (χ1n) is 12.8. The molecule has 0 fully saturated rings. The van der Waals surface area contributed by atoms with E-state index in [1.807, 2.05) is 24.3 Å². The van der Waals surface area contributed by atoms with Crippen LogP contribution in [0.3, 0.4) is 0 Å². The Hall–Kier alpha value is -3.26. The number of ether oxygens (including phenoxy) is 2. The van der Waals surface area contributed by atoms with Crippen LogP contribution < -0.4 is 5.32 Å². The van der Waals surface area contributed by atoms with Gasteiger partial charge in [0.15, 0.2) is 6.61 Å². The molecule has 0 radical (unpaired) electrons. The second-order valence-electron chi connectivity index (χ2n) is 10.9. The minimum Gasteiger partial charge on any atom is -0.465 e. The predicted molar refractivity (Wildman–Crippen MR) is 143 cm³/mol. The van der Waals surface area contributed by atoms with Gasteiger partial charge in [-0.05, 0) is 67.1 Å². The molecule has 2 aromatic heterocycles. The highest BCUT2D eigenvalue weighted by Gasteiger charge is 2.33. The fraction of sp³-hybridized carbons (Fsp3) is 0.448. The molecule has 8 heteroatoms. The normalized spacial score (nSPS) is 16.7. The number of pyridine rings is 1. The number of aryl methyl sites for hydroxylation is 2. The van der Waals surface area contributed by atoms with Crippen LogP contribution >= 0.6 is 11.3 Å². The van der Waals surface area contributed by atoms with Crippen molar-refractivity contribution in [2.45, 2.75) is 59.3 Å². The molecular weight excluding hydrogens is 488 g/mol. The molecule has 2 aliphatic rings. The summed E-state index contributed by atoms with van der Waals surface area (Å²) in [6, 6.07) is 7.58. The van der Waals surface area contributed by atoms with Gasteiger partial charge in [-0.2, -0.15) is 0 Å². The van der Waals surface area contributed by atoms with Crippen molar-refractivity contribution in [3.05, 3.63) is 57.1 Å². The Kier molecular flexibility index (Phi) is 6.79. The third-order valence-electron chi connectivity index (χ3n) is 7.59. The van der Waals surface area contributed by atoms with Crippen LogP contribution in [0.4, 0.5) is 5.00 Å². The number of esters is 2. The average Bonchev–Trinajstić information content (AvgIpc) is 3.45. The SMILES string of the molecule is COC(=O)c1c(NC(=O)COC(=O)c2c3c(nc4ccccc24)CCC(C(C)(C)C)C3)sc2c1CCC2. The topological polar surface area (TPSA) is 94.6 Å². The van der Waals surface area contributed by atoms with Gasteiger partial charge in [-0.25, -0.2) is 9.59 Å². The summed E-state index contributed by atoms with van der Waals surface area (Å²) in [5.74, 6) is -1.06. The molecule has 0 aliphatic heterocycles. The Morgan fingerprint density at radius 2 is 1.84 bits per heavy atom. The lowest BCUT2D eigenvalue weighted by atomic mass is 9.70. The second-order valence-corrected chi connectivity index (χ2v) is 12.0. The molecule has 0 saturated carbocycles. The van der Waals surface area contributed by atoms with Gasteiger partial charge >= 0.3 is 11.9 Å². The number of anilines is 1. The zero-order valence-electron chi connectivity index (χ0n) is 21.7. The van der Waals surface area contributed by atoms with Gasteiger partial charge in [-0.3, -0.25) is 9.78 Å². The minimum atomic E-state index is -0.526. The van der Waals surface area contributed by atoms with Crippen LogP contribution in [0, 0.1) is 11.3 Å². The van der Waals surface area contributed by atoms with Crippen molar-refractivity contribution in [1.29, 1.82) is 0 Å². The molecule has 0 spiro atoms. The van der Waals surface area contributed by atoms with E-state index < -0.39 is 24.5 Å². The van der Waals surface area contributed by atoms with Crippen LogP contribution in [0.15, 0.2) is 24.3 Å². The van der Waals surface area contributed by atoms with Crippen molar-refractivity contribution >= 4 is 45.1 Å². The summed E-state index contributed by atoms with van der Waals surface area (Å²) in [6.45, 7) is 6.23.